The van der Waals surface area contributed by atoms with Crippen molar-refractivity contribution in [2.45, 2.75) is 19.4 Å². The number of hydrogen-bond donors (Lipinski definition) is 2. The van der Waals surface area contributed by atoms with Crippen LogP contribution in [0.5, 0.6) is 0 Å². The summed E-state index contributed by atoms with van der Waals surface area (Å²) >= 11 is 3.58. The molecule has 1 aromatic rings. The molecule has 0 spiro atoms. The van der Waals surface area contributed by atoms with Crippen LogP contribution in [0, 0.1) is 6.92 Å². The zero-order chi connectivity index (χ0) is 13.7. The van der Waals surface area contributed by atoms with Gasteiger partial charge in [0.05, 0.1) is 0 Å². The molecular formula is C15H24BrN3. The van der Waals surface area contributed by atoms with Crippen molar-refractivity contribution in [3.63, 3.8) is 0 Å². The number of aryl methyl sites for hydroxylation is 1. The van der Waals surface area contributed by atoms with E-state index in [1.807, 2.05) is 0 Å². The highest BCUT2D eigenvalue weighted by Crippen LogP contribution is 2.24. The Kier molecular flexibility index (Phi) is 5.82. The highest BCUT2D eigenvalue weighted by atomic mass is 79.9. The number of piperazine rings is 1. The van der Waals surface area contributed by atoms with Crippen LogP contribution in [0.4, 0.5) is 0 Å². The van der Waals surface area contributed by atoms with Gasteiger partial charge < -0.3 is 15.5 Å². The average molecular weight is 326 g/mol. The summed E-state index contributed by atoms with van der Waals surface area (Å²) in [4.78, 5) is 2.55. The predicted molar refractivity (Wildman–Crippen MR) is 84.6 cm³/mol. The lowest BCUT2D eigenvalue weighted by Gasteiger charge is -2.29. The molecule has 19 heavy (non-hydrogen) atoms. The molecule has 3 nitrogen and oxygen atoms in total. The summed E-state index contributed by atoms with van der Waals surface area (Å²) in [6.07, 6.45) is 1.16. The summed E-state index contributed by atoms with van der Waals surface area (Å²) in [5, 5.41) is 6.86. The predicted octanol–water partition coefficient (Wildman–Crippen LogP) is 2.31. The molecule has 0 aliphatic carbocycles. The third-order valence-electron chi connectivity index (χ3n) is 3.91. The molecule has 1 aromatic carbocycles. The summed E-state index contributed by atoms with van der Waals surface area (Å²) in [5.74, 6) is 0. The van der Waals surface area contributed by atoms with E-state index in [-0.39, 0.29) is 0 Å². The van der Waals surface area contributed by atoms with Crippen molar-refractivity contribution >= 4 is 15.9 Å². The summed E-state index contributed by atoms with van der Waals surface area (Å²) in [6, 6.07) is 6.98. The van der Waals surface area contributed by atoms with Crippen LogP contribution in [0.25, 0.3) is 0 Å². The Hall–Kier alpha value is -0.420. The third-order valence-corrected chi connectivity index (χ3v) is 4.40. The lowest BCUT2D eigenvalue weighted by atomic mass is 9.98. The fraction of sp³-hybridized carbons (Fsp3) is 0.600. The van der Waals surface area contributed by atoms with Gasteiger partial charge in [-0.05, 0) is 43.7 Å². The molecule has 1 fully saturated rings. The maximum absolute atomic E-state index is 3.58. The van der Waals surface area contributed by atoms with E-state index in [2.05, 4.69) is 63.6 Å². The van der Waals surface area contributed by atoms with Crippen molar-refractivity contribution in [2.75, 3.05) is 39.8 Å². The Morgan fingerprint density at radius 2 is 2.11 bits per heavy atom. The Balaban J connectivity index is 1.97. The van der Waals surface area contributed by atoms with Crippen LogP contribution in [-0.4, -0.2) is 44.7 Å². The van der Waals surface area contributed by atoms with Gasteiger partial charge in [0.1, 0.15) is 0 Å². The third kappa shape index (κ3) is 4.28. The maximum Gasteiger partial charge on any atom is 0.0332 e. The fourth-order valence-electron chi connectivity index (χ4n) is 2.69. The first-order valence-electron chi connectivity index (χ1n) is 7.07. The zero-order valence-electron chi connectivity index (χ0n) is 11.9. The summed E-state index contributed by atoms with van der Waals surface area (Å²) in [5.41, 5.74) is 2.77. The molecule has 4 heteroatoms. The monoisotopic (exact) mass is 325 g/mol. The molecule has 1 saturated heterocycles. The van der Waals surface area contributed by atoms with Gasteiger partial charge in [0.2, 0.25) is 0 Å². The van der Waals surface area contributed by atoms with Crippen LogP contribution in [-0.2, 0) is 0 Å². The maximum atomic E-state index is 3.58. The Bertz CT molecular complexity index is 402. The zero-order valence-corrected chi connectivity index (χ0v) is 13.5. The number of halogens is 1. The van der Waals surface area contributed by atoms with Crippen molar-refractivity contribution < 1.29 is 0 Å². The second kappa shape index (κ2) is 7.39. The van der Waals surface area contributed by atoms with Gasteiger partial charge in [-0.25, -0.2) is 0 Å². The van der Waals surface area contributed by atoms with Gasteiger partial charge in [0.25, 0.3) is 0 Å². The van der Waals surface area contributed by atoms with Gasteiger partial charge in [-0.15, -0.1) is 0 Å². The number of benzene rings is 1. The normalized spacial score (nSPS) is 18.5. The molecule has 1 aliphatic heterocycles. The molecular weight excluding hydrogens is 302 g/mol. The SMILES string of the molecule is CNC(CCN1CCNCC1)c1cc(Br)ccc1C. The molecule has 1 atom stereocenters. The van der Waals surface area contributed by atoms with Crippen LogP contribution in [0.2, 0.25) is 0 Å². The number of nitrogens with zero attached hydrogens (tertiary/aromatic N) is 1. The Labute approximate surface area is 124 Å². The molecule has 2 N–H and O–H groups in total. The molecule has 1 heterocycles. The average Bonchev–Trinajstić information content (AvgIpc) is 2.44. The van der Waals surface area contributed by atoms with Crippen LogP contribution >= 0.6 is 15.9 Å². The van der Waals surface area contributed by atoms with E-state index in [4.69, 9.17) is 0 Å². The topological polar surface area (TPSA) is 27.3 Å². The molecule has 0 aromatic heterocycles. The lowest BCUT2D eigenvalue weighted by Crippen LogP contribution is -2.44. The van der Waals surface area contributed by atoms with Gasteiger partial charge in [0.15, 0.2) is 0 Å². The highest BCUT2D eigenvalue weighted by Gasteiger charge is 2.15. The van der Waals surface area contributed by atoms with Crippen molar-refractivity contribution in [3.05, 3.63) is 33.8 Å². The van der Waals surface area contributed by atoms with Gasteiger partial charge in [0, 0.05) is 43.2 Å². The number of rotatable bonds is 5. The standard InChI is InChI=1S/C15H24BrN3/c1-12-3-4-13(16)11-14(12)15(17-2)5-8-19-9-6-18-7-10-19/h3-4,11,15,17-18H,5-10H2,1-2H3. The van der Waals surface area contributed by atoms with E-state index in [0.29, 0.717) is 6.04 Å². The van der Waals surface area contributed by atoms with Crippen molar-refractivity contribution in [1.29, 1.82) is 0 Å². The number of nitrogens with one attached hydrogen (secondary N) is 2. The first kappa shape index (κ1) is 15.0. The van der Waals surface area contributed by atoms with Crippen LogP contribution in [0.15, 0.2) is 22.7 Å². The minimum atomic E-state index is 0.437. The minimum absolute atomic E-state index is 0.437. The number of hydrogen-bond acceptors (Lipinski definition) is 3. The van der Waals surface area contributed by atoms with Gasteiger partial charge in [-0.3, -0.25) is 0 Å². The smallest absolute Gasteiger partial charge is 0.0332 e. The van der Waals surface area contributed by atoms with Gasteiger partial charge >= 0.3 is 0 Å². The molecule has 0 amide bonds. The second-order valence-electron chi connectivity index (χ2n) is 5.22. The quantitative estimate of drug-likeness (QED) is 0.870. The second-order valence-corrected chi connectivity index (χ2v) is 6.14. The molecule has 0 bridgehead atoms. The summed E-state index contributed by atoms with van der Waals surface area (Å²) in [7, 11) is 2.06. The van der Waals surface area contributed by atoms with E-state index in [1.165, 1.54) is 30.8 Å². The molecule has 0 radical (unpaired) electrons. The minimum Gasteiger partial charge on any atom is -0.314 e. The Morgan fingerprint density at radius 3 is 2.79 bits per heavy atom. The van der Waals surface area contributed by atoms with Crippen molar-refractivity contribution in [1.82, 2.24) is 15.5 Å². The van der Waals surface area contributed by atoms with E-state index in [1.54, 1.807) is 0 Å². The van der Waals surface area contributed by atoms with E-state index >= 15 is 0 Å². The molecule has 2 rings (SSSR count). The first-order valence-corrected chi connectivity index (χ1v) is 7.86. The molecule has 0 saturated carbocycles. The van der Waals surface area contributed by atoms with Crippen LogP contribution in [0.1, 0.15) is 23.6 Å². The van der Waals surface area contributed by atoms with Crippen LogP contribution < -0.4 is 10.6 Å². The summed E-state index contributed by atoms with van der Waals surface area (Å²) < 4.78 is 1.16. The van der Waals surface area contributed by atoms with E-state index < -0.39 is 0 Å². The van der Waals surface area contributed by atoms with Crippen molar-refractivity contribution in [3.8, 4) is 0 Å². The van der Waals surface area contributed by atoms with Crippen molar-refractivity contribution in [2.24, 2.45) is 0 Å². The first-order chi connectivity index (χ1) is 9.20. The molecule has 1 unspecified atom stereocenters. The molecule has 1 aliphatic rings. The van der Waals surface area contributed by atoms with E-state index in [9.17, 15) is 0 Å². The van der Waals surface area contributed by atoms with Gasteiger partial charge in [-0.2, -0.15) is 0 Å². The summed E-state index contributed by atoms with van der Waals surface area (Å²) in [6.45, 7) is 7.96. The molecule has 106 valence electrons. The highest BCUT2D eigenvalue weighted by molar-refractivity contribution is 9.10. The van der Waals surface area contributed by atoms with Crippen LogP contribution in [0.3, 0.4) is 0 Å². The van der Waals surface area contributed by atoms with E-state index in [0.717, 1.165) is 24.0 Å². The lowest BCUT2D eigenvalue weighted by molar-refractivity contribution is 0.229. The Morgan fingerprint density at radius 1 is 1.37 bits per heavy atom. The fourth-order valence-corrected chi connectivity index (χ4v) is 3.07. The largest absolute Gasteiger partial charge is 0.314 e. The van der Waals surface area contributed by atoms with Gasteiger partial charge in [-0.1, -0.05) is 22.0 Å².